The van der Waals surface area contributed by atoms with E-state index in [2.05, 4.69) is 4.98 Å². The highest BCUT2D eigenvalue weighted by Crippen LogP contribution is 2.20. The van der Waals surface area contributed by atoms with Crippen LogP contribution in [0, 0.1) is 0 Å². The molecule has 0 radical (unpaired) electrons. The number of likely N-dealkylation sites (N-methyl/N-ethyl adjacent to an activating group) is 1. The molecule has 0 amide bonds. The third-order valence-electron chi connectivity index (χ3n) is 2.70. The second-order valence-electron chi connectivity index (χ2n) is 4.24. The van der Waals surface area contributed by atoms with Crippen molar-refractivity contribution >= 4 is 5.69 Å². The number of hydrogen-bond acceptors (Lipinski definition) is 4. The molecule has 0 fully saturated rings. The van der Waals surface area contributed by atoms with Gasteiger partial charge in [-0.1, -0.05) is 0 Å². The van der Waals surface area contributed by atoms with Gasteiger partial charge in [0.15, 0.2) is 0 Å². The predicted molar refractivity (Wildman–Crippen MR) is 61.7 cm³/mol. The minimum Gasteiger partial charge on any atom is -0.394 e. The Hall–Kier alpha value is -1.13. The van der Waals surface area contributed by atoms with Crippen LogP contribution in [0.25, 0.3) is 0 Å². The lowest BCUT2D eigenvalue weighted by Gasteiger charge is -2.35. The zero-order chi connectivity index (χ0) is 11.5. The van der Waals surface area contributed by atoms with Gasteiger partial charge in [0.1, 0.15) is 0 Å². The molecule has 1 aromatic rings. The summed E-state index contributed by atoms with van der Waals surface area (Å²) in [5.74, 6) is 0. The summed E-state index contributed by atoms with van der Waals surface area (Å²) < 4.78 is 0. The highest BCUT2D eigenvalue weighted by Gasteiger charge is 2.22. The van der Waals surface area contributed by atoms with Crippen LogP contribution in [-0.4, -0.2) is 29.3 Å². The molecule has 4 heteroatoms. The predicted octanol–water partition coefficient (Wildman–Crippen LogP) is 0.747. The normalized spacial score (nSPS) is 11.5. The molecule has 0 saturated heterocycles. The van der Waals surface area contributed by atoms with Gasteiger partial charge in [0.2, 0.25) is 0 Å². The van der Waals surface area contributed by atoms with Gasteiger partial charge in [0, 0.05) is 13.6 Å². The van der Waals surface area contributed by atoms with E-state index in [0.717, 1.165) is 11.4 Å². The summed E-state index contributed by atoms with van der Waals surface area (Å²) in [6.07, 6.45) is 1.78. The zero-order valence-electron chi connectivity index (χ0n) is 9.57. The monoisotopic (exact) mass is 209 g/mol. The molecule has 0 saturated carbocycles. The molecule has 4 nitrogen and oxygen atoms in total. The molecule has 1 aromatic heterocycles. The molecular weight excluding hydrogens is 190 g/mol. The molecule has 3 N–H and O–H groups in total. The molecule has 0 aliphatic rings. The van der Waals surface area contributed by atoms with Gasteiger partial charge in [-0.25, -0.2) is 0 Å². The van der Waals surface area contributed by atoms with Crippen molar-refractivity contribution < 1.29 is 5.11 Å². The standard InChI is InChI=1S/C11H19N3O/c1-11(2,8-15)14(3)10-5-4-9(6-12)13-7-10/h4-5,7,15H,6,8,12H2,1-3H3. The number of rotatable bonds is 4. The Labute approximate surface area is 90.7 Å². The van der Waals surface area contributed by atoms with Crippen LogP contribution in [0.2, 0.25) is 0 Å². The topological polar surface area (TPSA) is 62.4 Å². The number of aromatic nitrogens is 1. The molecule has 0 aromatic carbocycles. The molecule has 0 spiro atoms. The van der Waals surface area contributed by atoms with Gasteiger partial charge < -0.3 is 15.7 Å². The van der Waals surface area contributed by atoms with E-state index in [1.165, 1.54) is 0 Å². The fraction of sp³-hybridized carbons (Fsp3) is 0.545. The lowest BCUT2D eigenvalue weighted by molar-refractivity contribution is 0.216. The molecule has 84 valence electrons. The summed E-state index contributed by atoms with van der Waals surface area (Å²) in [7, 11) is 1.94. The second kappa shape index (κ2) is 4.59. The smallest absolute Gasteiger partial charge is 0.0658 e. The Kier molecular flexibility index (Phi) is 3.66. The van der Waals surface area contributed by atoms with Crippen LogP contribution in [0.4, 0.5) is 5.69 Å². The van der Waals surface area contributed by atoms with Gasteiger partial charge in [0.25, 0.3) is 0 Å². The number of pyridine rings is 1. The van der Waals surface area contributed by atoms with Crippen molar-refractivity contribution in [3.8, 4) is 0 Å². The largest absolute Gasteiger partial charge is 0.394 e. The number of aliphatic hydroxyl groups excluding tert-OH is 1. The molecular formula is C11H19N3O. The summed E-state index contributed by atoms with van der Waals surface area (Å²) in [4.78, 5) is 6.22. The van der Waals surface area contributed by atoms with Crippen molar-refractivity contribution in [1.82, 2.24) is 4.98 Å². The third kappa shape index (κ3) is 2.67. The summed E-state index contributed by atoms with van der Waals surface area (Å²) in [6, 6.07) is 3.87. The number of aliphatic hydroxyl groups is 1. The first kappa shape index (κ1) is 11.9. The molecule has 0 aliphatic heterocycles. The third-order valence-corrected chi connectivity index (χ3v) is 2.70. The summed E-state index contributed by atoms with van der Waals surface area (Å²) >= 11 is 0. The molecule has 1 rings (SSSR count). The van der Waals surface area contributed by atoms with Crippen molar-refractivity contribution in [2.75, 3.05) is 18.6 Å². The molecule has 1 heterocycles. The van der Waals surface area contributed by atoms with Crippen LogP contribution in [-0.2, 0) is 6.54 Å². The van der Waals surface area contributed by atoms with Crippen LogP contribution in [0.1, 0.15) is 19.5 Å². The maximum Gasteiger partial charge on any atom is 0.0658 e. The van der Waals surface area contributed by atoms with E-state index in [4.69, 9.17) is 5.73 Å². The molecule has 0 bridgehead atoms. The van der Waals surface area contributed by atoms with Crippen LogP contribution >= 0.6 is 0 Å². The number of nitrogens with two attached hydrogens (primary N) is 1. The second-order valence-corrected chi connectivity index (χ2v) is 4.24. The Balaban J connectivity index is 2.87. The fourth-order valence-corrected chi connectivity index (χ4v) is 1.19. The maximum absolute atomic E-state index is 9.24. The van der Waals surface area contributed by atoms with Crippen molar-refractivity contribution in [2.45, 2.75) is 25.9 Å². The Bertz CT molecular complexity index is 308. The van der Waals surface area contributed by atoms with E-state index in [1.54, 1.807) is 6.20 Å². The first-order valence-electron chi connectivity index (χ1n) is 5.01. The Morgan fingerprint density at radius 1 is 1.47 bits per heavy atom. The number of hydrogen-bond donors (Lipinski definition) is 2. The van der Waals surface area contributed by atoms with Crippen molar-refractivity contribution in [3.05, 3.63) is 24.0 Å². The SMILES string of the molecule is CN(c1ccc(CN)nc1)C(C)(C)CO. The Morgan fingerprint density at radius 2 is 2.13 bits per heavy atom. The highest BCUT2D eigenvalue weighted by atomic mass is 16.3. The van der Waals surface area contributed by atoms with Crippen molar-refractivity contribution in [3.63, 3.8) is 0 Å². The van der Waals surface area contributed by atoms with Gasteiger partial charge in [0.05, 0.1) is 29.7 Å². The quantitative estimate of drug-likeness (QED) is 0.768. The average molecular weight is 209 g/mol. The van der Waals surface area contributed by atoms with E-state index in [0.29, 0.717) is 6.54 Å². The summed E-state index contributed by atoms with van der Waals surface area (Å²) in [5.41, 5.74) is 7.03. The van der Waals surface area contributed by atoms with Crippen molar-refractivity contribution in [2.24, 2.45) is 5.73 Å². The average Bonchev–Trinajstić information content (AvgIpc) is 2.28. The number of nitrogens with zero attached hydrogens (tertiary/aromatic N) is 2. The van der Waals surface area contributed by atoms with Gasteiger partial charge >= 0.3 is 0 Å². The van der Waals surface area contributed by atoms with E-state index in [9.17, 15) is 5.11 Å². The minimum atomic E-state index is -0.286. The van der Waals surface area contributed by atoms with Gasteiger partial charge in [-0.15, -0.1) is 0 Å². The first-order valence-corrected chi connectivity index (χ1v) is 5.01. The lowest BCUT2D eigenvalue weighted by Crippen LogP contribution is -2.44. The zero-order valence-corrected chi connectivity index (χ0v) is 9.57. The van der Waals surface area contributed by atoms with Gasteiger partial charge in [-0.2, -0.15) is 0 Å². The number of anilines is 1. The van der Waals surface area contributed by atoms with Crippen LogP contribution < -0.4 is 10.6 Å². The summed E-state index contributed by atoms with van der Waals surface area (Å²) in [6.45, 7) is 4.50. The van der Waals surface area contributed by atoms with Gasteiger partial charge in [-0.3, -0.25) is 4.98 Å². The Morgan fingerprint density at radius 3 is 2.53 bits per heavy atom. The van der Waals surface area contributed by atoms with E-state index in [-0.39, 0.29) is 12.1 Å². The van der Waals surface area contributed by atoms with Gasteiger partial charge in [-0.05, 0) is 26.0 Å². The van der Waals surface area contributed by atoms with E-state index in [1.807, 2.05) is 37.9 Å². The fourth-order valence-electron chi connectivity index (χ4n) is 1.19. The van der Waals surface area contributed by atoms with E-state index >= 15 is 0 Å². The molecule has 15 heavy (non-hydrogen) atoms. The van der Waals surface area contributed by atoms with Crippen LogP contribution in [0.3, 0.4) is 0 Å². The van der Waals surface area contributed by atoms with E-state index < -0.39 is 0 Å². The lowest BCUT2D eigenvalue weighted by atomic mass is 10.0. The molecule has 0 atom stereocenters. The van der Waals surface area contributed by atoms with Crippen molar-refractivity contribution in [1.29, 1.82) is 0 Å². The first-order chi connectivity index (χ1) is 7.01. The molecule has 0 unspecified atom stereocenters. The van der Waals surface area contributed by atoms with Crippen LogP contribution in [0.5, 0.6) is 0 Å². The maximum atomic E-state index is 9.24. The minimum absolute atomic E-state index is 0.0993. The summed E-state index contributed by atoms with van der Waals surface area (Å²) in [5, 5.41) is 9.24. The molecule has 0 aliphatic carbocycles. The van der Waals surface area contributed by atoms with Crippen LogP contribution in [0.15, 0.2) is 18.3 Å². The highest BCUT2D eigenvalue weighted by molar-refractivity contribution is 5.46.